The van der Waals surface area contributed by atoms with Crippen LogP contribution >= 0.6 is 0 Å². The van der Waals surface area contributed by atoms with E-state index < -0.39 is 0 Å². The summed E-state index contributed by atoms with van der Waals surface area (Å²) in [4.78, 5) is 4.07. The largest absolute Gasteiger partial charge is 0.470 e. The van der Waals surface area contributed by atoms with Crippen LogP contribution in [0.4, 0.5) is 0 Å². The molecule has 0 bridgehead atoms. The van der Waals surface area contributed by atoms with Crippen LogP contribution in [0.3, 0.4) is 0 Å². The smallest absolute Gasteiger partial charge is 0.213 e. The van der Waals surface area contributed by atoms with Gasteiger partial charge in [-0.25, -0.2) is 4.98 Å². The Bertz CT molecular complexity index is 514. The average Bonchev–Trinajstić information content (AvgIpc) is 2.40. The first kappa shape index (κ1) is 11.2. The Morgan fingerprint density at radius 3 is 2.53 bits per heavy atom. The monoisotopic (exact) mass is 224 g/mol. The predicted octanol–water partition coefficient (Wildman–Crippen LogP) is 3.09. The Kier molecular flexibility index (Phi) is 3.37. The summed E-state index contributed by atoms with van der Waals surface area (Å²) in [5.74, 6) is 0.528. The first-order valence-corrected chi connectivity index (χ1v) is 5.37. The molecular formula is C14H12N2O. The fraction of sp³-hybridized carbons (Fsp3) is 0.143. The number of nitriles is 1. The zero-order chi connectivity index (χ0) is 12.1. The van der Waals surface area contributed by atoms with Crippen molar-refractivity contribution in [2.24, 2.45) is 0 Å². The van der Waals surface area contributed by atoms with Crippen molar-refractivity contribution in [2.45, 2.75) is 13.0 Å². The molecule has 0 aliphatic heterocycles. The molecule has 0 saturated heterocycles. The van der Waals surface area contributed by atoms with Crippen LogP contribution in [0.25, 0.3) is 0 Å². The van der Waals surface area contributed by atoms with E-state index in [0.29, 0.717) is 11.4 Å². The molecule has 1 aromatic heterocycles. The maximum atomic E-state index is 8.66. The number of nitrogens with zero attached hydrogens (tertiary/aromatic N) is 2. The fourth-order valence-electron chi connectivity index (χ4n) is 1.49. The van der Waals surface area contributed by atoms with Crippen LogP contribution < -0.4 is 4.74 Å². The van der Waals surface area contributed by atoms with Crippen LogP contribution in [0.15, 0.2) is 48.7 Å². The molecule has 0 saturated carbocycles. The van der Waals surface area contributed by atoms with Gasteiger partial charge in [0.1, 0.15) is 12.2 Å². The van der Waals surface area contributed by atoms with E-state index in [9.17, 15) is 0 Å². The molecule has 1 heterocycles. The van der Waals surface area contributed by atoms with E-state index in [-0.39, 0.29) is 6.10 Å². The molecule has 3 nitrogen and oxygen atoms in total. The highest BCUT2D eigenvalue weighted by molar-refractivity contribution is 5.28. The summed E-state index contributed by atoms with van der Waals surface area (Å²) in [7, 11) is 0. The normalized spacial score (nSPS) is 11.5. The minimum absolute atomic E-state index is 0.0587. The van der Waals surface area contributed by atoms with Crippen molar-refractivity contribution < 1.29 is 4.74 Å². The number of hydrogen-bond acceptors (Lipinski definition) is 3. The average molecular weight is 224 g/mol. The molecule has 0 N–H and O–H groups in total. The lowest BCUT2D eigenvalue weighted by Crippen LogP contribution is -2.03. The first-order valence-electron chi connectivity index (χ1n) is 5.37. The topological polar surface area (TPSA) is 45.9 Å². The molecule has 84 valence electrons. The summed E-state index contributed by atoms with van der Waals surface area (Å²) < 4.78 is 5.68. The van der Waals surface area contributed by atoms with Gasteiger partial charge in [0.05, 0.1) is 5.56 Å². The van der Waals surface area contributed by atoms with Gasteiger partial charge >= 0.3 is 0 Å². The lowest BCUT2D eigenvalue weighted by molar-refractivity contribution is 0.217. The Hall–Kier alpha value is -2.34. The third-order valence-corrected chi connectivity index (χ3v) is 2.43. The van der Waals surface area contributed by atoms with Crippen LogP contribution in [0.5, 0.6) is 5.88 Å². The highest BCUT2D eigenvalue weighted by Gasteiger charge is 2.06. The van der Waals surface area contributed by atoms with Crippen LogP contribution in [0, 0.1) is 11.3 Å². The molecule has 1 aromatic carbocycles. The Labute approximate surface area is 100 Å². The van der Waals surface area contributed by atoms with Gasteiger partial charge in [-0.05, 0) is 18.6 Å². The minimum atomic E-state index is -0.0587. The number of ether oxygens (including phenoxy) is 1. The molecule has 0 fully saturated rings. The van der Waals surface area contributed by atoms with Crippen LogP contribution in [-0.2, 0) is 0 Å². The van der Waals surface area contributed by atoms with Crippen molar-refractivity contribution in [2.75, 3.05) is 0 Å². The second kappa shape index (κ2) is 5.13. The number of pyridine rings is 1. The SMILES string of the molecule is CC(Oc1ccc(C#N)cn1)c1ccccc1. The maximum Gasteiger partial charge on any atom is 0.213 e. The Morgan fingerprint density at radius 1 is 1.18 bits per heavy atom. The molecule has 0 aliphatic rings. The van der Waals surface area contributed by atoms with Crippen molar-refractivity contribution in [1.82, 2.24) is 4.98 Å². The molecule has 2 rings (SSSR count). The molecule has 3 heteroatoms. The van der Waals surface area contributed by atoms with Crippen molar-refractivity contribution in [3.63, 3.8) is 0 Å². The van der Waals surface area contributed by atoms with E-state index in [1.807, 2.05) is 43.3 Å². The molecule has 0 amide bonds. The molecule has 0 aliphatic carbocycles. The van der Waals surface area contributed by atoms with E-state index in [1.54, 1.807) is 12.1 Å². The van der Waals surface area contributed by atoms with Gasteiger partial charge in [-0.1, -0.05) is 30.3 Å². The Balaban J connectivity index is 2.08. The van der Waals surface area contributed by atoms with Gasteiger partial charge in [-0.3, -0.25) is 0 Å². The van der Waals surface area contributed by atoms with E-state index >= 15 is 0 Å². The van der Waals surface area contributed by atoms with Crippen molar-refractivity contribution in [3.05, 3.63) is 59.8 Å². The molecule has 1 unspecified atom stereocenters. The van der Waals surface area contributed by atoms with E-state index in [1.165, 1.54) is 6.20 Å². The summed E-state index contributed by atoms with van der Waals surface area (Å²) in [6.07, 6.45) is 1.45. The van der Waals surface area contributed by atoms with Gasteiger partial charge in [-0.2, -0.15) is 5.26 Å². The second-order valence-corrected chi connectivity index (χ2v) is 3.67. The summed E-state index contributed by atoms with van der Waals surface area (Å²) in [6, 6.07) is 15.4. The molecular weight excluding hydrogens is 212 g/mol. The van der Waals surface area contributed by atoms with Gasteiger partial charge in [-0.15, -0.1) is 0 Å². The zero-order valence-corrected chi connectivity index (χ0v) is 9.50. The van der Waals surface area contributed by atoms with Crippen molar-refractivity contribution >= 4 is 0 Å². The quantitative estimate of drug-likeness (QED) is 0.804. The van der Waals surface area contributed by atoms with E-state index in [2.05, 4.69) is 4.98 Å². The van der Waals surface area contributed by atoms with E-state index in [4.69, 9.17) is 10.00 Å². The molecule has 17 heavy (non-hydrogen) atoms. The predicted molar refractivity (Wildman–Crippen MR) is 64.4 cm³/mol. The minimum Gasteiger partial charge on any atom is -0.470 e. The molecule has 2 aromatic rings. The second-order valence-electron chi connectivity index (χ2n) is 3.67. The number of benzene rings is 1. The van der Waals surface area contributed by atoms with Crippen molar-refractivity contribution in [3.8, 4) is 11.9 Å². The number of aromatic nitrogens is 1. The number of hydrogen-bond donors (Lipinski definition) is 0. The zero-order valence-electron chi connectivity index (χ0n) is 9.50. The summed E-state index contributed by atoms with van der Waals surface area (Å²) in [6.45, 7) is 1.97. The highest BCUT2D eigenvalue weighted by atomic mass is 16.5. The molecule has 1 atom stereocenters. The number of rotatable bonds is 3. The van der Waals surface area contributed by atoms with Gasteiger partial charge in [0.25, 0.3) is 0 Å². The molecule has 0 spiro atoms. The lowest BCUT2D eigenvalue weighted by Gasteiger charge is -2.13. The fourth-order valence-corrected chi connectivity index (χ4v) is 1.49. The van der Waals surface area contributed by atoms with Gasteiger partial charge < -0.3 is 4.74 Å². The maximum absolute atomic E-state index is 8.66. The third-order valence-electron chi connectivity index (χ3n) is 2.43. The standard InChI is InChI=1S/C14H12N2O/c1-11(13-5-3-2-4-6-13)17-14-8-7-12(9-15)10-16-14/h2-8,10-11H,1H3. The van der Waals surface area contributed by atoms with Gasteiger partial charge in [0.15, 0.2) is 0 Å². The third kappa shape index (κ3) is 2.82. The van der Waals surface area contributed by atoms with E-state index in [0.717, 1.165) is 5.56 Å². The summed E-state index contributed by atoms with van der Waals surface area (Å²) >= 11 is 0. The van der Waals surface area contributed by atoms with Crippen LogP contribution in [-0.4, -0.2) is 4.98 Å². The first-order chi connectivity index (χ1) is 8.29. The van der Waals surface area contributed by atoms with Gasteiger partial charge in [0, 0.05) is 12.3 Å². The lowest BCUT2D eigenvalue weighted by atomic mass is 10.1. The highest BCUT2D eigenvalue weighted by Crippen LogP contribution is 2.19. The van der Waals surface area contributed by atoms with Crippen molar-refractivity contribution in [1.29, 1.82) is 5.26 Å². The Morgan fingerprint density at radius 2 is 1.94 bits per heavy atom. The molecule has 0 radical (unpaired) electrons. The van der Waals surface area contributed by atoms with Gasteiger partial charge in [0.2, 0.25) is 5.88 Å². The van der Waals surface area contributed by atoms with Crippen LogP contribution in [0.2, 0.25) is 0 Å². The summed E-state index contributed by atoms with van der Waals surface area (Å²) in [5.41, 5.74) is 1.63. The summed E-state index contributed by atoms with van der Waals surface area (Å²) in [5, 5.41) is 8.66. The van der Waals surface area contributed by atoms with Crippen LogP contribution in [0.1, 0.15) is 24.2 Å².